The molecule has 0 aliphatic carbocycles. The Morgan fingerprint density at radius 2 is 2.05 bits per heavy atom. The largest absolute Gasteiger partial charge is 0.496 e. The molecule has 0 aliphatic rings. The van der Waals surface area contributed by atoms with Crippen molar-refractivity contribution in [3.63, 3.8) is 0 Å². The van der Waals surface area contributed by atoms with Gasteiger partial charge in [-0.25, -0.2) is 4.39 Å². The third-order valence-electron chi connectivity index (χ3n) is 3.40. The maximum Gasteiger partial charge on any atom is 0.127 e. The molecule has 112 valence electrons. The number of aryl methyl sites for hydroxylation is 1. The van der Waals surface area contributed by atoms with Crippen molar-refractivity contribution in [2.45, 2.75) is 19.4 Å². The molecule has 0 fully saturated rings. The zero-order valence-corrected chi connectivity index (χ0v) is 13.6. The van der Waals surface area contributed by atoms with Gasteiger partial charge >= 0.3 is 0 Å². The molecule has 0 aromatic heterocycles. The first-order chi connectivity index (χ1) is 10.0. The summed E-state index contributed by atoms with van der Waals surface area (Å²) in [5, 5.41) is 0. The second-order valence-electron chi connectivity index (χ2n) is 4.90. The average molecular weight is 353 g/mol. The molecule has 3 nitrogen and oxygen atoms in total. The van der Waals surface area contributed by atoms with E-state index in [1.807, 2.05) is 31.2 Å². The van der Waals surface area contributed by atoms with Gasteiger partial charge in [0, 0.05) is 10.0 Å². The topological polar surface area (TPSA) is 47.3 Å². The SMILES string of the molecule is COc1ccc(C)cc1C(Cc1ccc(Br)cc1F)NN. The Labute approximate surface area is 132 Å². The lowest BCUT2D eigenvalue weighted by Crippen LogP contribution is -2.30. The second-order valence-corrected chi connectivity index (χ2v) is 5.82. The van der Waals surface area contributed by atoms with Crippen LogP contribution in [0.5, 0.6) is 5.75 Å². The van der Waals surface area contributed by atoms with Crippen molar-refractivity contribution in [3.8, 4) is 5.75 Å². The van der Waals surface area contributed by atoms with Crippen molar-refractivity contribution >= 4 is 15.9 Å². The number of rotatable bonds is 5. The van der Waals surface area contributed by atoms with E-state index in [4.69, 9.17) is 10.6 Å². The van der Waals surface area contributed by atoms with Crippen molar-refractivity contribution < 1.29 is 9.13 Å². The van der Waals surface area contributed by atoms with Crippen LogP contribution in [0.2, 0.25) is 0 Å². The molecule has 2 aromatic carbocycles. The highest BCUT2D eigenvalue weighted by Crippen LogP contribution is 2.29. The fourth-order valence-electron chi connectivity index (χ4n) is 2.29. The molecule has 5 heteroatoms. The molecule has 0 aliphatic heterocycles. The number of nitrogens with one attached hydrogen (secondary N) is 1. The number of benzene rings is 2. The molecule has 0 spiro atoms. The molecule has 0 saturated carbocycles. The van der Waals surface area contributed by atoms with Crippen LogP contribution in [0.1, 0.15) is 22.7 Å². The van der Waals surface area contributed by atoms with Crippen LogP contribution in [0.15, 0.2) is 40.9 Å². The molecule has 21 heavy (non-hydrogen) atoms. The van der Waals surface area contributed by atoms with Gasteiger partial charge in [-0.2, -0.15) is 0 Å². The minimum atomic E-state index is -0.253. The number of hydrogen-bond donors (Lipinski definition) is 2. The number of nitrogens with two attached hydrogens (primary N) is 1. The van der Waals surface area contributed by atoms with E-state index in [0.29, 0.717) is 16.5 Å². The minimum Gasteiger partial charge on any atom is -0.496 e. The summed E-state index contributed by atoms with van der Waals surface area (Å²) < 4.78 is 20.1. The maximum atomic E-state index is 14.0. The summed E-state index contributed by atoms with van der Waals surface area (Å²) in [5.74, 6) is 6.15. The van der Waals surface area contributed by atoms with Gasteiger partial charge in [0.2, 0.25) is 0 Å². The lowest BCUT2D eigenvalue weighted by Gasteiger charge is -2.20. The van der Waals surface area contributed by atoms with Gasteiger partial charge in [0.05, 0.1) is 13.2 Å². The first-order valence-corrected chi connectivity index (χ1v) is 7.39. The molecule has 3 N–H and O–H groups in total. The van der Waals surface area contributed by atoms with Crippen LogP contribution in [-0.2, 0) is 6.42 Å². The molecule has 0 heterocycles. The van der Waals surface area contributed by atoms with E-state index in [0.717, 1.165) is 16.9 Å². The number of hydrazine groups is 1. The normalized spacial score (nSPS) is 12.2. The number of hydrogen-bond acceptors (Lipinski definition) is 3. The molecule has 1 unspecified atom stereocenters. The van der Waals surface area contributed by atoms with Crippen molar-refractivity contribution in [1.82, 2.24) is 5.43 Å². The predicted molar refractivity (Wildman–Crippen MR) is 85.6 cm³/mol. The fraction of sp³-hybridized carbons (Fsp3) is 0.250. The minimum absolute atomic E-state index is 0.226. The van der Waals surface area contributed by atoms with E-state index in [9.17, 15) is 4.39 Å². The third-order valence-corrected chi connectivity index (χ3v) is 3.89. The van der Waals surface area contributed by atoms with E-state index < -0.39 is 0 Å². The molecule has 0 amide bonds. The smallest absolute Gasteiger partial charge is 0.127 e. The Kier molecular flexibility index (Phi) is 5.33. The predicted octanol–water partition coefficient (Wildman–Crippen LogP) is 3.65. The van der Waals surface area contributed by atoms with E-state index >= 15 is 0 Å². The van der Waals surface area contributed by atoms with Gasteiger partial charge in [0.15, 0.2) is 0 Å². The Morgan fingerprint density at radius 1 is 1.29 bits per heavy atom. The molecule has 2 rings (SSSR count). The monoisotopic (exact) mass is 352 g/mol. The number of methoxy groups -OCH3 is 1. The third kappa shape index (κ3) is 3.81. The quantitative estimate of drug-likeness (QED) is 0.637. The molecule has 2 aromatic rings. The Morgan fingerprint density at radius 3 is 2.67 bits per heavy atom. The molecule has 1 atom stereocenters. The molecule has 0 bridgehead atoms. The van der Waals surface area contributed by atoms with E-state index in [1.54, 1.807) is 13.2 Å². The Hall–Kier alpha value is -1.43. The molecular weight excluding hydrogens is 335 g/mol. The first-order valence-electron chi connectivity index (χ1n) is 6.59. The zero-order valence-electron chi connectivity index (χ0n) is 12.0. The fourth-order valence-corrected chi connectivity index (χ4v) is 2.63. The van der Waals surface area contributed by atoms with Crippen molar-refractivity contribution in [1.29, 1.82) is 0 Å². The van der Waals surface area contributed by atoms with Gasteiger partial charge in [0.25, 0.3) is 0 Å². The Bertz CT molecular complexity index is 634. The van der Waals surface area contributed by atoms with Crippen LogP contribution in [0.3, 0.4) is 0 Å². The van der Waals surface area contributed by atoms with Crippen LogP contribution < -0.4 is 16.0 Å². The highest BCUT2D eigenvalue weighted by atomic mass is 79.9. The summed E-state index contributed by atoms with van der Waals surface area (Å²) in [5.41, 5.74) is 5.37. The molecule has 0 radical (unpaired) electrons. The van der Waals surface area contributed by atoms with Crippen LogP contribution >= 0.6 is 15.9 Å². The van der Waals surface area contributed by atoms with Crippen molar-refractivity contribution in [2.24, 2.45) is 5.84 Å². The van der Waals surface area contributed by atoms with Gasteiger partial charge in [-0.15, -0.1) is 0 Å². The van der Waals surface area contributed by atoms with Crippen LogP contribution in [-0.4, -0.2) is 7.11 Å². The van der Waals surface area contributed by atoms with Crippen LogP contribution in [0.25, 0.3) is 0 Å². The van der Waals surface area contributed by atoms with Crippen LogP contribution in [0, 0.1) is 12.7 Å². The summed E-state index contributed by atoms with van der Waals surface area (Å²) in [7, 11) is 1.61. The van der Waals surface area contributed by atoms with Gasteiger partial charge in [-0.3, -0.25) is 11.3 Å². The summed E-state index contributed by atoms with van der Waals surface area (Å²) in [6.45, 7) is 2.00. The van der Waals surface area contributed by atoms with Crippen molar-refractivity contribution in [3.05, 3.63) is 63.4 Å². The zero-order chi connectivity index (χ0) is 15.4. The van der Waals surface area contributed by atoms with E-state index in [2.05, 4.69) is 21.4 Å². The summed E-state index contributed by atoms with van der Waals surface area (Å²) in [6, 6.07) is 10.7. The summed E-state index contributed by atoms with van der Waals surface area (Å²) >= 11 is 3.26. The standard InChI is InChI=1S/C16H18BrFN2O/c1-10-3-6-16(21-2)13(7-10)15(20-19)8-11-4-5-12(17)9-14(11)18/h3-7,9,15,20H,8,19H2,1-2H3. The van der Waals surface area contributed by atoms with Crippen LogP contribution in [0.4, 0.5) is 4.39 Å². The highest BCUT2D eigenvalue weighted by Gasteiger charge is 2.17. The summed E-state index contributed by atoms with van der Waals surface area (Å²) in [6.07, 6.45) is 0.440. The van der Waals surface area contributed by atoms with E-state index in [1.165, 1.54) is 6.07 Å². The number of ether oxygens (including phenoxy) is 1. The lowest BCUT2D eigenvalue weighted by atomic mass is 9.97. The maximum absolute atomic E-state index is 14.0. The van der Waals surface area contributed by atoms with Crippen molar-refractivity contribution in [2.75, 3.05) is 7.11 Å². The lowest BCUT2D eigenvalue weighted by molar-refractivity contribution is 0.398. The highest BCUT2D eigenvalue weighted by molar-refractivity contribution is 9.10. The molecule has 0 saturated heterocycles. The van der Waals surface area contributed by atoms with Gasteiger partial charge < -0.3 is 4.74 Å². The van der Waals surface area contributed by atoms with Gasteiger partial charge in [0.1, 0.15) is 11.6 Å². The number of halogens is 2. The second kappa shape index (κ2) is 7.02. The van der Waals surface area contributed by atoms with Gasteiger partial charge in [-0.05, 0) is 37.1 Å². The first kappa shape index (κ1) is 15.9. The average Bonchev–Trinajstić information content (AvgIpc) is 2.46. The summed E-state index contributed by atoms with van der Waals surface area (Å²) in [4.78, 5) is 0. The molecular formula is C16H18BrFN2O. The van der Waals surface area contributed by atoms with Gasteiger partial charge in [-0.1, -0.05) is 39.7 Å². The van der Waals surface area contributed by atoms with E-state index in [-0.39, 0.29) is 11.9 Å². The Balaban J connectivity index is 2.34.